The van der Waals surface area contributed by atoms with Gasteiger partial charge in [-0.25, -0.2) is 4.98 Å². The van der Waals surface area contributed by atoms with E-state index in [1.54, 1.807) is 14.0 Å². The lowest BCUT2D eigenvalue weighted by molar-refractivity contribution is 0.396. The fraction of sp³-hybridized carbons (Fsp3) is 0.556. The van der Waals surface area contributed by atoms with Gasteiger partial charge in [0.25, 0.3) is 5.56 Å². The average molecular weight is 261 g/mol. The molecule has 5 heteroatoms. The molecule has 0 bridgehead atoms. The maximum Gasteiger partial charge on any atom is 0.295 e. The van der Waals surface area contributed by atoms with Crippen LogP contribution in [-0.2, 0) is 7.05 Å². The fourth-order valence-electron chi connectivity index (χ4n) is 1.30. The van der Waals surface area contributed by atoms with Gasteiger partial charge in [-0.1, -0.05) is 15.9 Å². The molecule has 0 aliphatic rings. The van der Waals surface area contributed by atoms with E-state index in [0.717, 1.165) is 0 Å². The highest BCUT2D eigenvalue weighted by Gasteiger charge is 2.14. The Balaban J connectivity index is 3.48. The van der Waals surface area contributed by atoms with Gasteiger partial charge in [0.2, 0.25) is 5.75 Å². The molecule has 78 valence electrons. The van der Waals surface area contributed by atoms with Crippen molar-refractivity contribution in [3.8, 4) is 5.75 Å². The van der Waals surface area contributed by atoms with Gasteiger partial charge in [0.1, 0.15) is 5.82 Å². The standard InChI is InChI=1S/C9H13BrN2O2/c1-5(10)8-11-6(2)7(14-4)9(13)12(8)3/h5H,1-4H3. The summed E-state index contributed by atoms with van der Waals surface area (Å²) in [6.07, 6.45) is 0. The zero-order valence-electron chi connectivity index (χ0n) is 8.67. The minimum atomic E-state index is -0.152. The Labute approximate surface area is 91.0 Å². The summed E-state index contributed by atoms with van der Waals surface area (Å²) in [4.78, 5) is 16.1. The zero-order chi connectivity index (χ0) is 10.9. The van der Waals surface area contributed by atoms with E-state index >= 15 is 0 Å². The van der Waals surface area contributed by atoms with Gasteiger partial charge in [0.05, 0.1) is 17.6 Å². The van der Waals surface area contributed by atoms with Gasteiger partial charge < -0.3 is 4.74 Å². The van der Waals surface area contributed by atoms with Gasteiger partial charge in [0, 0.05) is 7.05 Å². The lowest BCUT2D eigenvalue weighted by atomic mass is 10.3. The molecule has 0 fully saturated rings. The van der Waals surface area contributed by atoms with Crippen molar-refractivity contribution in [1.29, 1.82) is 0 Å². The van der Waals surface area contributed by atoms with Crippen LogP contribution in [0, 0.1) is 6.92 Å². The first-order valence-corrected chi connectivity index (χ1v) is 5.16. The van der Waals surface area contributed by atoms with E-state index in [2.05, 4.69) is 20.9 Å². The number of nitrogens with zero attached hydrogens (tertiary/aromatic N) is 2. The number of hydrogen-bond donors (Lipinski definition) is 0. The third-order valence-electron chi connectivity index (χ3n) is 2.01. The molecule has 0 aromatic carbocycles. The van der Waals surface area contributed by atoms with Crippen molar-refractivity contribution in [3.63, 3.8) is 0 Å². The summed E-state index contributed by atoms with van der Waals surface area (Å²) < 4.78 is 6.47. The molecule has 0 aliphatic carbocycles. The van der Waals surface area contributed by atoms with Crippen LogP contribution in [0.2, 0.25) is 0 Å². The summed E-state index contributed by atoms with van der Waals surface area (Å²) in [6.45, 7) is 3.69. The molecule has 0 saturated carbocycles. The first-order valence-electron chi connectivity index (χ1n) is 4.24. The molecule has 0 saturated heterocycles. The predicted octanol–water partition coefficient (Wildman–Crippen LogP) is 1.55. The van der Waals surface area contributed by atoms with Crippen LogP contribution in [0.4, 0.5) is 0 Å². The maximum absolute atomic E-state index is 11.7. The van der Waals surface area contributed by atoms with Crippen LogP contribution in [0.15, 0.2) is 4.79 Å². The van der Waals surface area contributed by atoms with E-state index in [9.17, 15) is 4.79 Å². The molecule has 1 rings (SSSR count). The third-order valence-corrected chi connectivity index (χ3v) is 2.42. The van der Waals surface area contributed by atoms with Crippen molar-refractivity contribution in [2.75, 3.05) is 7.11 Å². The van der Waals surface area contributed by atoms with E-state index in [1.165, 1.54) is 11.7 Å². The van der Waals surface area contributed by atoms with Gasteiger partial charge >= 0.3 is 0 Å². The van der Waals surface area contributed by atoms with E-state index in [4.69, 9.17) is 4.74 Å². The van der Waals surface area contributed by atoms with Crippen LogP contribution >= 0.6 is 15.9 Å². The molecule has 1 aromatic heterocycles. The first kappa shape index (κ1) is 11.2. The Hall–Kier alpha value is -0.840. The van der Waals surface area contributed by atoms with Crippen LogP contribution in [0.3, 0.4) is 0 Å². The summed E-state index contributed by atoms with van der Waals surface area (Å²) in [6, 6.07) is 0. The molecule has 0 N–H and O–H groups in total. The highest BCUT2D eigenvalue weighted by Crippen LogP contribution is 2.20. The van der Waals surface area contributed by atoms with E-state index < -0.39 is 0 Å². The number of ether oxygens (including phenoxy) is 1. The number of alkyl halides is 1. The maximum atomic E-state index is 11.7. The minimum absolute atomic E-state index is 0.0461. The fourth-order valence-corrected chi connectivity index (χ4v) is 1.71. The van der Waals surface area contributed by atoms with Crippen LogP contribution < -0.4 is 10.3 Å². The third kappa shape index (κ3) is 1.82. The molecule has 0 spiro atoms. The Morgan fingerprint density at radius 1 is 1.57 bits per heavy atom. The van der Waals surface area contributed by atoms with E-state index in [1.807, 2.05) is 6.92 Å². The second kappa shape index (κ2) is 4.13. The minimum Gasteiger partial charge on any atom is -0.490 e. The Morgan fingerprint density at radius 3 is 2.57 bits per heavy atom. The quantitative estimate of drug-likeness (QED) is 0.759. The average Bonchev–Trinajstić information content (AvgIpc) is 2.12. The predicted molar refractivity (Wildman–Crippen MR) is 58.1 cm³/mol. The van der Waals surface area contributed by atoms with Gasteiger partial charge in [0.15, 0.2) is 0 Å². The Morgan fingerprint density at radius 2 is 2.14 bits per heavy atom. The normalized spacial score (nSPS) is 12.6. The number of aromatic nitrogens is 2. The molecular formula is C9H13BrN2O2. The molecule has 14 heavy (non-hydrogen) atoms. The summed E-state index contributed by atoms with van der Waals surface area (Å²) in [5, 5.41) is 0. The van der Waals surface area contributed by atoms with Crippen molar-refractivity contribution < 1.29 is 4.74 Å². The van der Waals surface area contributed by atoms with Crippen molar-refractivity contribution in [1.82, 2.24) is 9.55 Å². The lowest BCUT2D eigenvalue weighted by Gasteiger charge is -2.12. The zero-order valence-corrected chi connectivity index (χ0v) is 10.3. The van der Waals surface area contributed by atoms with Crippen molar-refractivity contribution in [3.05, 3.63) is 21.9 Å². The molecular weight excluding hydrogens is 248 g/mol. The van der Waals surface area contributed by atoms with Crippen LogP contribution in [-0.4, -0.2) is 16.7 Å². The van der Waals surface area contributed by atoms with Gasteiger partial charge in [-0.2, -0.15) is 0 Å². The molecule has 0 aliphatic heterocycles. The largest absolute Gasteiger partial charge is 0.490 e. The lowest BCUT2D eigenvalue weighted by Crippen LogP contribution is -2.24. The van der Waals surface area contributed by atoms with E-state index in [-0.39, 0.29) is 10.4 Å². The highest BCUT2D eigenvalue weighted by molar-refractivity contribution is 9.09. The molecule has 1 atom stereocenters. The Kier molecular flexibility index (Phi) is 3.31. The monoisotopic (exact) mass is 260 g/mol. The number of hydrogen-bond acceptors (Lipinski definition) is 3. The topological polar surface area (TPSA) is 44.1 Å². The van der Waals surface area contributed by atoms with Crippen LogP contribution in [0.1, 0.15) is 23.3 Å². The first-order chi connectivity index (χ1) is 6.49. The van der Waals surface area contributed by atoms with Crippen LogP contribution in [0.25, 0.3) is 0 Å². The summed E-state index contributed by atoms with van der Waals surface area (Å²) in [7, 11) is 3.16. The summed E-state index contributed by atoms with van der Waals surface area (Å²) in [5.41, 5.74) is 0.471. The molecule has 4 nitrogen and oxygen atoms in total. The summed E-state index contributed by atoms with van der Waals surface area (Å²) >= 11 is 3.39. The number of methoxy groups -OCH3 is 1. The van der Waals surface area contributed by atoms with Crippen molar-refractivity contribution in [2.45, 2.75) is 18.7 Å². The van der Waals surface area contributed by atoms with Gasteiger partial charge in [-0.05, 0) is 13.8 Å². The second-order valence-electron chi connectivity index (χ2n) is 3.07. The number of halogens is 1. The molecule has 1 unspecified atom stereocenters. The molecule has 0 radical (unpaired) electrons. The van der Waals surface area contributed by atoms with Gasteiger partial charge in [-0.15, -0.1) is 0 Å². The van der Waals surface area contributed by atoms with Crippen molar-refractivity contribution in [2.24, 2.45) is 7.05 Å². The molecule has 1 aromatic rings. The Bertz CT molecular complexity index is 399. The molecule has 0 amide bonds. The highest BCUT2D eigenvalue weighted by atomic mass is 79.9. The van der Waals surface area contributed by atoms with Crippen molar-refractivity contribution >= 4 is 15.9 Å². The summed E-state index contributed by atoms with van der Waals surface area (Å²) in [5.74, 6) is 1.01. The smallest absolute Gasteiger partial charge is 0.295 e. The second-order valence-corrected chi connectivity index (χ2v) is 4.44. The molecule has 1 heterocycles. The number of rotatable bonds is 2. The van der Waals surface area contributed by atoms with E-state index in [0.29, 0.717) is 17.3 Å². The van der Waals surface area contributed by atoms with Crippen LogP contribution in [0.5, 0.6) is 5.75 Å². The SMILES string of the molecule is COc1c(C)nc(C(C)Br)n(C)c1=O. The number of aryl methyl sites for hydroxylation is 1. The van der Waals surface area contributed by atoms with Gasteiger partial charge in [-0.3, -0.25) is 9.36 Å².